The molecule has 0 saturated carbocycles. The minimum absolute atomic E-state index is 0.181. The highest BCUT2D eigenvalue weighted by atomic mass is 79.9. The van der Waals surface area contributed by atoms with Gasteiger partial charge in [-0.3, -0.25) is 4.79 Å². The van der Waals surface area contributed by atoms with E-state index in [4.69, 9.17) is 4.74 Å². The summed E-state index contributed by atoms with van der Waals surface area (Å²) < 4.78 is 44.2. The summed E-state index contributed by atoms with van der Waals surface area (Å²) in [7, 11) is -0.560. The van der Waals surface area contributed by atoms with Crippen LogP contribution in [-0.2, 0) is 21.4 Å². The second-order valence-electron chi connectivity index (χ2n) is 5.98. The van der Waals surface area contributed by atoms with Gasteiger partial charge in [0, 0.05) is 20.6 Å². The van der Waals surface area contributed by atoms with E-state index in [0.717, 1.165) is 9.87 Å². The van der Waals surface area contributed by atoms with Crippen molar-refractivity contribution in [1.29, 1.82) is 0 Å². The Morgan fingerprint density at radius 2 is 1.85 bits per heavy atom. The molecule has 0 heterocycles. The number of hydrogen-bond acceptors (Lipinski definition) is 4. The van der Waals surface area contributed by atoms with Crippen LogP contribution in [0.25, 0.3) is 0 Å². The van der Waals surface area contributed by atoms with Gasteiger partial charge >= 0.3 is 0 Å². The smallest absolute Gasteiger partial charge is 0.261 e. The third kappa shape index (κ3) is 5.50. The van der Waals surface area contributed by atoms with E-state index in [2.05, 4.69) is 21.2 Å². The average Bonchev–Trinajstić information content (AvgIpc) is 2.62. The van der Waals surface area contributed by atoms with Crippen molar-refractivity contribution in [2.45, 2.75) is 24.5 Å². The van der Waals surface area contributed by atoms with Crippen molar-refractivity contribution in [3.8, 4) is 5.75 Å². The number of halogens is 2. The first-order valence-electron chi connectivity index (χ1n) is 8.02. The Morgan fingerprint density at radius 3 is 2.41 bits per heavy atom. The van der Waals surface area contributed by atoms with E-state index in [1.165, 1.54) is 44.4 Å². The van der Waals surface area contributed by atoms with E-state index in [-0.39, 0.29) is 17.3 Å². The molecule has 1 N–H and O–H groups in total. The van der Waals surface area contributed by atoms with Crippen molar-refractivity contribution in [3.05, 3.63) is 58.3 Å². The van der Waals surface area contributed by atoms with Gasteiger partial charge in [-0.15, -0.1) is 0 Å². The summed E-state index contributed by atoms with van der Waals surface area (Å²) in [5, 5.41) is 2.72. The van der Waals surface area contributed by atoms with E-state index in [1.54, 1.807) is 19.1 Å². The molecular formula is C18H20BrFN2O4S. The fourth-order valence-corrected chi connectivity index (χ4v) is 3.48. The first kappa shape index (κ1) is 21.3. The first-order valence-corrected chi connectivity index (χ1v) is 10.3. The SMILES string of the molecule is CC(Oc1ccc(F)cc1Br)C(=O)NCc1ccc(S(=O)(=O)N(C)C)cc1. The van der Waals surface area contributed by atoms with Gasteiger partial charge in [-0.1, -0.05) is 12.1 Å². The van der Waals surface area contributed by atoms with E-state index in [0.29, 0.717) is 10.2 Å². The summed E-state index contributed by atoms with van der Waals surface area (Å²) in [6.07, 6.45) is -0.792. The topological polar surface area (TPSA) is 75.7 Å². The summed E-state index contributed by atoms with van der Waals surface area (Å²) in [5.41, 5.74) is 0.746. The normalized spacial score (nSPS) is 12.7. The highest BCUT2D eigenvalue weighted by Crippen LogP contribution is 2.26. The Balaban J connectivity index is 1.94. The zero-order valence-electron chi connectivity index (χ0n) is 15.1. The van der Waals surface area contributed by atoms with Crippen molar-refractivity contribution in [3.63, 3.8) is 0 Å². The lowest BCUT2D eigenvalue weighted by atomic mass is 10.2. The maximum Gasteiger partial charge on any atom is 0.261 e. The van der Waals surface area contributed by atoms with Crippen molar-refractivity contribution in [1.82, 2.24) is 9.62 Å². The Morgan fingerprint density at radius 1 is 1.22 bits per heavy atom. The van der Waals surface area contributed by atoms with Crippen molar-refractivity contribution < 1.29 is 22.3 Å². The number of sulfonamides is 1. The molecule has 9 heteroatoms. The van der Waals surface area contributed by atoms with Gasteiger partial charge in [-0.05, 0) is 58.7 Å². The van der Waals surface area contributed by atoms with Crippen LogP contribution in [0.3, 0.4) is 0 Å². The first-order chi connectivity index (χ1) is 12.6. The lowest BCUT2D eigenvalue weighted by Gasteiger charge is -2.16. The molecule has 1 unspecified atom stereocenters. The second-order valence-corrected chi connectivity index (χ2v) is 8.99. The molecule has 1 atom stereocenters. The molecule has 0 radical (unpaired) electrons. The number of rotatable bonds is 7. The lowest BCUT2D eigenvalue weighted by Crippen LogP contribution is -2.36. The van der Waals surface area contributed by atoms with Crippen molar-refractivity contribution >= 4 is 31.9 Å². The van der Waals surface area contributed by atoms with Gasteiger partial charge in [0.1, 0.15) is 11.6 Å². The zero-order chi connectivity index (χ0) is 20.2. The Labute approximate surface area is 166 Å². The van der Waals surface area contributed by atoms with Crippen LogP contribution in [0, 0.1) is 5.82 Å². The Kier molecular flexibility index (Phi) is 6.96. The summed E-state index contributed by atoms with van der Waals surface area (Å²) >= 11 is 3.18. The molecule has 0 aliphatic heterocycles. The van der Waals surface area contributed by atoms with E-state index >= 15 is 0 Å². The highest BCUT2D eigenvalue weighted by Gasteiger charge is 2.18. The molecule has 0 aromatic heterocycles. The minimum Gasteiger partial charge on any atom is -0.480 e. The molecule has 0 aliphatic carbocycles. The van der Waals surface area contributed by atoms with Crippen molar-refractivity contribution in [2.75, 3.05) is 14.1 Å². The van der Waals surface area contributed by atoms with Gasteiger partial charge in [0.25, 0.3) is 5.91 Å². The third-order valence-electron chi connectivity index (χ3n) is 3.74. The summed E-state index contributed by atoms with van der Waals surface area (Å²) in [6, 6.07) is 10.2. The van der Waals surface area contributed by atoms with Crippen LogP contribution in [0.2, 0.25) is 0 Å². The number of nitrogens with one attached hydrogen (secondary N) is 1. The number of amides is 1. The van der Waals surface area contributed by atoms with Crippen LogP contribution in [-0.4, -0.2) is 38.8 Å². The fourth-order valence-electron chi connectivity index (χ4n) is 2.14. The number of hydrogen-bond donors (Lipinski definition) is 1. The predicted octanol–water partition coefficient (Wildman–Crippen LogP) is 2.92. The van der Waals surface area contributed by atoms with Gasteiger partial charge in [-0.2, -0.15) is 0 Å². The molecule has 2 aromatic carbocycles. The van der Waals surface area contributed by atoms with Crippen molar-refractivity contribution in [2.24, 2.45) is 0 Å². The monoisotopic (exact) mass is 458 g/mol. The van der Waals surface area contributed by atoms with Gasteiger partial charge in [0.15, 0.2) is 6.10 Å². The Hall–Kier alpha value is -1.97. The number of carbonyl (C=O) groups is 1. The molecule has 146 valence electrons. The minimum atomic E-state index is -3.49. The molecule has 27 heavy (non-hydrogen) atoms. The standard InChI is InChI=1S/C18H20BrFN2O4S/c1-12(26-17-9-6-14(20)10-16(17)19)18(23)21-11-13-4-7-15(8-5-13)27(24,25)22(2)3/h4-10,12H,11H2,1-3H3,(H,21,23). The van der Waals surface area contributed by atoms with E-state index in [1.807, 2.05) is 0 Å². The maximum absolute atomic E-state index is 13.1. The summed E-state index contributed by atoms with van der Waals surface area (Å²) in [6.45, 7) is 1.80. The van der Waals surface area contributed by atoms with Crippen LogP contribution in [0.4, 0.5) is 4.39 Å². The molecule has 2 rings (SSSR count). The second kappa shape index (κ2) is 8.81. The number of nitrogens with zero attached hydrogens (tertiary/aromatic N) is 1. The molecule has 0 fully saturated rings. The number of benzene rings is 2. The fraction of sp³-hybridized carbons (Fsp3) is 0.278. The molecule has 6 nitrogen and oxygen atoms in total. The highest BCUT2D eigenvalue weighted by molar-refractivity contribution is 9.10. The zero-order valence-corrected chi connectivity index (χ0v) is 17.5. The largest absolute Gasteiger partial charge is 0.480 e. The molecule has 0 saturated heterocycles. The van der Waals surface area contributed by atoms with Crippen LogP contribution < -0.4 is 10.1 Å². The van der Waals surface area contributed by atoms with Gasteiger partial charge in [0.2, 0.25) is 10.0 Å². The van der Waals surface area contributed by atoms with Crippen LogP contribution in [0.5, 0.6) is 5.75 Å². The van der Waals surface area contributed by atoms with E-state index in [9.17, 15) is 17.6 Å². The maximum atomic E-state index is 13.1. The molecular weight excluding hydrogens is 439 g/mol. The lowest BCUT2D eigenvalue weighted by molar-refractivity contribution is -0.127. The van der Waals surface area contributed by atoms with Crippen LogP contribution in [0.1, 0.15) is 12.5 Å². The van der Waals surface area contributed by atoms with Gasteiger partial charge < -0.3 is 10.1 Å². The molecule has 1 amide bonds. The molecule has 0 aliphatic rings. The molecule has 0 bridgehead atoms. The number of carbonyl (C=O) groups excluding carboxylic acids is 1. The van der Waals surface area contributed by atoms with Gasteiger partial charge in [-0.25, -0.2) is 17.1 Å². The average molecular weight is 459 g/mol. The summed E-state index contributed by atoms with van der Waals surface area (Å²) in [4.78, 5) is 12.4. The molecule has 0 spiro atoms. The van der Waals surface area contributed by atoms with E-state index < -0.39 is 21.9 Å². The predicted molar refractivity (Wildman–Crippen MR) is 103 cm³/mol. The van der Waals surface area contributed by atoms with Crippen LogP contribution >= 0.6 is 15.9 Å². The molecule has 2 aromatic rings. The number of ether oxygens (including phenoxy) is 1. The third-order valence-corrected chi connectivity index (χ3v) is 6.18. The Bertz CT molecular complexity index is 917. The quantitative estimate of drug-likeness (QED) is 0.691. The summed E-state index contributed by atoms with van der Waals surface area (Å²) in [5.74, 6) is -0.403. The van der Waals surface area contributed by atoms with Crippen LogP contribution in [0.15, 0.2) is 51.8 Å². The van der Waals surface area contributed by atoms with Gasteiger partial charge in [0.05, 0.1) is 9.37 Å².